The van der Waals surface area contributed by atoms with Crippen molar-refractivity contribution in [3.63, 3.8) is 0 Å². The van der Waals surface area contributed by atoms with E-state index < -0.39 is 0 Å². The minimum absolute atomic E-state index is 0. The van der Waals surface area contributed by atoms with Gasteiger partial charge in [0.2, 0.25) is 0 Å². The summed E-state index contributed by atoms with van der Waals surface area (Å²) in [5.74, 6) is 0.956. The van der Waals surface area contributed by atoms with Crippen molar-refractivity contribution in [3.05, 3.63) is 23.9 Å². The first kappa shape index (κ1) is 13.3. The van der Waals surface area contributed by atoms with Gasteiger partial charge < -0.3 is 11.1 Å². The number of hydrogen-bond acceptors (Lipinski definition) is 3. The maximum absolute atomic E-state index is 6.07. The SMILES string of the molecule is Cc1ccnc(NC2CCCCC2N)c1.Cl. The predicted octanol–water partition coefficient (Wildman–Crippen LogP) is 2.49. The Kier molecular flexibility index (Phi) is 5.03. The van der Waals surface area contributed by atoms with Crippen LogP contribution in [0.25, 0.3) is 0 Å². The number of hydrogen-bond donors (Lipinski definition) is 2. The van der Waals surface area contributed by atoms with Crippen molar-refractivity contribution in [2.45, 2.75) is 44.7 Å². The van der Waals surface area contributed by atoms with Crippen molar-refractivity contribution < 1.29 is 0 Å². The van der Waals surface area contributed by atoms with Gasteiger partial charge in [0.05, 0.1) is 0 Å². The third-order valence-corrected chi connectivity index (χ3v) is 3.07. The molecule has 1 aliphatic carbocycles. The Hall–Kier alpha value is -0.800. The molecule has 0 aromatic carbocycles. The van der Waals surface area contributed by atoms with Crippen LogP contribution in [0.3, 0.4) is 0 Å². The molecule has 90 valence electrons. The second-order valence-corrected chi connectivity index (χ2v) is 4.42. The molecule has 1 fully saturated rings. The van der Waals surface area contributed by atoms with Crippen molar-refractivity contribution >= 4 is 18.2 Å². The topological polar surface area (TPSA) is 50.9 Å². The Balaban J connectivity index is 0.00000128. The van der Waals surface area contributed by atoms with Gasteiger partial charge >= 0.3 is 0 Å². The number of aryl methyl sites for hydroxylation is 1. The number of nitrogens with one attached hydrogen (secondary N) is 1. The fourth-order valence-electron chi connectivity index (χ4n) is 2.14. The lowest BCUT2D eigenvalue weighted by Crippen LogP contribution is -2.42. The van der Waals surface area contributed by atoms with E-state index in [0.29, 0.717) is 6.04 Å². The normalized spacial score (nSPS) is 24.6. The van der Waals surface area contributed by atoms with E-state index in [-0.39, 0.29) is 18.4 Å². The van der Waals surface area contributed by atoms with Crippen LogP contribution in [0, 0.1) is 6.92 Å². The van der Waals surface area contributed by atoms with Crippen molar-refractivity contribution in [1.29, 1.82) is 0 Å². The number of aromatic nitrogens is 1. The Morgan fingerprint density at radius 2 is 2.12 bits per heavy atom. The van der Waals surface area contributed by atoms with Crippen molar-refractivity contribution in [3.8, 4) is 0 Å². The number of pyridine rings is 1. The molecule has 2 unspecified atom stereocenters. The summed E-state index contributed by atoms with van der Waals surface area (Å²) in [5.41, 5.74) is 7.31. The van der Waals surface area contributed by atoms with Gasteiger partial charge in [-0.3, -0.25) is 0 Å². The van der Waals surface area contributed by atoms with Gasteiger partial charge in [-0.25, -0.2) is 4.98 Å². The maximum atomic E-state index is 6.07. The van der Waals surface area contributed by atoms with Crippen molar-refractivity contribution in [1.82, 2.24) is 4.98 Å². The lowest BCUT2D eigenvalue weighted by atomic mass is 9.91. The molecule has 2 rings (SSSR count). The van der Waals surface area contributed by atoms with E-state index in [9.17, 15) is 0 Å². The monoisotopic (exact) mass is 241 g/mol. The van der Waals surface area contributed by atoms with E-state index >= 15 is 0 Å². The van der Waals surface area contributed by atoms with Gasteiger partial charge in [0, 0.05) is 18.3 Å². The number of nitrogens with two attached hydrogens (primary N) is 1. The Morgan fingerprint density at radius 1 is 1.38 bits per heavy atom. The number of nitrogens with zero attached hydrogens (tertiary/aromatic N) is 1. The van der Waals surface area contributed by atoms with E-state index in [1.807, 2.05) is 12.3 Å². The van der Waals surface area contributed by atoms with Gasteiger partial charge in [-0.1, -0.05) is 12.8 Å². The first-order chi connectivity index (χ1) is 7.25. The molecule has 1 heterocycles. The third-order valence-electron chi connectivity index (χ3n) is 3.07. The molecule has 1 saturated carbocycles. The van der Waals surface area contributed by atoms with Crippen LogP contribution in [0.15, 0.2) is 18.3 Å². The van der Waals surface area contributed by atoms with E-state index in [4.69, 9.17) is 5.73 Å². The van der Waals surface area contributed by atoms with Crippen LogP contribution in [0.2, 0.25) is 0 Å². The molecule has 1 aromatic heterocycles. The first-order valence-corrected chi connectivity index (χ1v) is 5.70. The van der Waals surface area contributed by atoms with Crippen LogP contribution in [-0.4, -0.2) is 17.1 Å². The minimum atomic E-state index is 0. The van der Waals surface area contributed by atoms with Crippen molar-refractivity contribution in [2.24, 2.45) is 5.73 Å². The lowest BCUT2D eigenvalue weighted by Gasteiger charge is -2.29. The molecule has 1 aliphatic rings. The van der Waals surface area contributed by atoms with E-state index in [0.717, 1.165) is 18.7 Å². The van der Waals surface area contributed by atoms with Crippen LogP contribution in [0.4, 0.5) is 5.82 Å². The summed E-state index contributed by atoms with van der Waals surface area (Å²) in [7, 11) is 0. The molecule has 0 bridgehead atoms. The lowest BCUT2D eigenvalue weighted by molar-refractivity contribution is 0.403. The molecule has 16 heavy (non-hydrogen) atoms. The molecule has 0 aliphatic heterocycles. The molecular weight excluding hydrogens is 222 g/mol. The second-order valence-electron chi connectivity index (χ2n) is 4.42. The molecular formula is C12H20ClN3. The minimum Gasteiger partial charge on any atom is -0.366 e. The van der Waals surface area contributed by atoms with E-state index in [1.165, 1.54) is 18.4 Å². The zero-order valence-corrected chi connectivity index (χ0v) is 10.5. The summed E-state index contributed by atoms with van der Waals surface area (Å²) in [6.45, 7) is 2.08. The standard InChI is InChI=1S/C12H19N3.ClH/c1-9-6-7-14-12(8-9)15-11-5-3-2-4-10(11)13;/h6-8,10-11H,2-5,13H2,1H3,(H,14,15);1H. The van der Waals surface area contributed by atoms with E-state index in [1.54, 1.807) is 0 Å². The highest BCUT2D eigenvalue weighted by atomic mass is 35.5. The zero-order chi connectivity index (χ0) is 10.7. The highest BCUT2D eigenvalue weighted by molar-refractivity contribution is 5.85. The molecule has 0 radical (unpaired) electrons. The molecule has 0 saturated heterocycles. The summed E-state index contributed by atoms with van der Waals surface area (Å²) >= 11 is 0. The fraction of sp³-hybridized carbons (Fsp3) is 0.583. The van der Waals surface area contributed by atoms with Crippen LogP contribution in [0.1, 0.15) is 31.2 Å². The number of halogens is 1. The highest BCUT2D eigenvalue weighted by Gasteiger charge is 2.21. The average Bonchev–Trinajstić information content (AvgIpc) is 2.22. The Bertz CT molecular complexity index is 330. The van der Waals surface area contributed by atoms with Crippen LogP contribution in [-0.2, 0) is 0 Å². The van der Waals surface area contributed by atoms with E-state index in [2.05, 4.69) is 23.3 Å². The Morgan fingerprint density at radius 3 is 2.81 bits per heavy atom. The summed E-state index contributed by atoms with van der Waals surface area (Å²) in [5, 5.41) is 3.44. The smallest absolute Gasteiger partial charge is 0.126 e. The maximum Gasteiger partial charge on any atom is 0.126 e. The number of anilines is 1. The molecule has 3 nitrogen and oxygen atoms in total. The van der Waals surface area contributed by atoms with Crippen LogP contribution >= 0.6 is 12.4 Å². The fourth-order valence-corrected chi connectivity index (χ4v) is 2.14. The first-order valence-electron chi connectivity index (χ1n) is 5.70. The van der Waals surface area contributed by atoms with Gasteiger partial charge in [-0.2, -0.15) is 0 Å². The van der Waals surface area contributed by atoms with Crippen molar-refractivity contribution in [2.75, 3.05) is 5.32 Å². The number of rotatable bonds is 2. The van der Waals surface area contributed by atoms with Gasteiger partial charge in [-0.15, -0.1) is 12.4 Å². The summed E-state index contributed by atoms with van der Waals surface area (Å²) < 4.78 is 0. The predicted molar refractivity (Wildman–Crippen MR) is 70.1 cm³/mol. The third kappa shape index (κ3) is 3.35. The molecule has 0 amide bonds. The molecule has 2 atom stereocenters. The van der Waals surface area contributed by atoms with Gasteiger partial charge in [0.15, 0.2) is 0 Å². The summed E-state index contributed by atoms with van der Waals surface area (Å²) in [4.78, 5) is 4.30. The molecule has 1 aromatic rings. The zero-order valence-electron chi connectivity index (χ0n) is 9.65. The van der Waals surface area contributed by atoms with Gasteiger partial charge in [-0.05, 0) is 37.5 Å². The van der Waals surface area contributed by atoms with Crippen LogP contribution < -0.4 is 11.1 Å². The molecule has 4 heteroatoms. The van der Waals surface area contributed by atoms with Crippen LogP contribution in [0.5, 0.6) is 0 Å². The largest absolute Gasteiger partial charge is 0.366 e. The Labute approximate surface area is 103 Å². The average molecular weight is 242 g/mol. The summed E-state index contributed by atoms with van der Waals surface area (Å²) in [6.07, 6.45) is 6.67. The highest BCUT2D eigenvalue weighted by Crippen LogP contribution is 2.20. The summed E-state index contributed by atoms with van der Waals surface area (Å²) in [6, 6.07) is 4.75. The molecule has 3 N–H and O–H groups in total. The molecule has 0 spiro atoms. The van der Waals surface area contributed by atoms with Gasteiger partial charge in [0.25, 0.3) is 0 Å². The second kappa shape index (κ2) is 6.06. The van der Waals surface area contributed by atoms with Gasteiger partial charge in [0.1, 0.15) is 5.82 Å². The quantitative estimate of drug-likeness (QED) is 0.837.